The van der Waals surface area contributed by atoms with Crippen LogP contribution in [0, 0.1) is 6.33 Å². The molecule has 0 fully saturated rings. The lowest BCUT2D eigenvalue weighted by molar-refractivity contribution is 1.26. The number of nitrogens with one attached hydrogen (secondary N) is 2. The average Bonchev–Trinajstić information content (AvgIpc) is 2.33. The number of rotatable bonds is 0. The highest BCUT2D eigenvalue weighted by molar-refractivity contribution is 5.72. The van der Waals surface area contributed by atoms with Crippen LogP contribution in [0.2, 0.25) is 0 Å². The third-order valence-corrected chi connectivity index (χ3v) is 1.27. The van der Waals surface area contributed by atoms with Gasteiger partial charge in [-0.25, -0.2) is 4.98 Å². The molecule has 0 saturated heterocycles. The fraction of sp³-hybridized carbons (Fsp3) is 0. The van der Waals surface area contributed by atoms with E-state index in [0.717, 1.165) is 5.52 Å². The maximum Gasteiger partial charge on any atom is 0.250 e. The fourth-order valence-corrected chi connectivity index (χ4v) is 0.805. The van der Waals surface area contributed by atoms with Crippen LogP contribution in [0.15, 0.2) is 17.1 Å². The molecule has 2 aromatic rings. The summed E-state index contributed by atoms with van der Waals surface area (Å²) in [6, 6.07) is 1.44. The van der Waals surface area contributed by atoms with Gasteiger partial charge in [-0.15, -0.1) is 0 Å². The first kappa shape index (κ1) is 5.22. The van der Waals surface area contributed by atoms with Gasteiger partial charge in [0.1, 0.15) is 5.52 Å². The first-order valence-corrected chi connectivity index (χ1v) is 2.81. The number of aromatic nitrogens is 3. The number of fused-ring (bicyclic) bond motifs is 1. The summed E-state index contributed by atoms with van der Waals surface area (Å²) in [5.41, 5.74) is 1.30. The highest BCUT2D eigenvalue weighted by atomic mass is 16.1. The number of nitrogens with zero attached hydrogens (tertiary/aromatic N) is 1. The summed E-state index contributed by atoms with van der Waals surface area (Å²) in [4.78, 5) is 19.7. The highest BCUT2D eigenvalue weighted by Gasteiger charge is 1.93. The van der Waals surface area contributed by atoms with E-state index >= 15 is 0 Å². The van der Waals surface area contributed by atoms with Crippen LogP contribution in [-0.2, 0) is 0 Å². The van der Waals surface area contributed by atoms with Gasteiger partial charge >= 0.3 is 0 Å². The van der Waals surface area contributed by atoms with Gasteiger partial charge in [-0.1, -0.05) is 0 Å². The zero-order valence-corrected chi connectivity index (χ0v) is 5.01. The topological polar surface area (TPSA) is 61.5 Å². The third kappa shape index (κ3) is 0.621. The molecule has 0 aromatic carbocycles. The molecular formula is C6H4N3O. The summed E-state index contributed by atoms with van der Waals surface area (Å²) in [5.74, 6) is 0. The van der Waals surface area contributed by atoms with Crippen LogP contribution in [0.1, 0.15) is 0 Å². The molecule has 0 spiro atoms. The van der Waals surface area contributed by atoms with Gasteiger partial charge in [0, 0.05) is 12.3 Å². The van der Waals surface area contributed by atoms with Crippen molar-refractivity contribution in [3.8, 4) is 0 Å². The van der Waals surface area contributed by atoms with Crippen LogP contribution in [-0.4, -0.2) is 15.0 Å². The smallest absolute Gasteiger partial charge is 0.250 e. The lowest BCUT2D eigenvalue weighted by Crippen LogP contribution is -2.00. The number of pyridine rings is 1. The standard InChI is InChI=1S/C6H4N3O/c10-6-1-4-5(2-7-6)9-3-8-4/h1-2H,(H,7,10)(H,8,9). The van der Waals surface area contributed by atoms with Crippen molar-refractivity contribution >= 4 is 11.0 Å². The predicted octanol–water partition coefficient (Wildman–Crippen LogP) is 0.0514. The molecule has 0 unspecified atom stereocenters. The Hall–Kier alpha value is -1.58. The van der Waals surface area contributed by atoms with Crippen molar-refractivity contribution in [1.29, 1.82) is 0 Å². The summed E-state index contributed by atoms with van der Waals surface area (Å²) in [6.45, 7) is 0. The number of aromatic amines is 2. The molecule has 2 N–H and O–H groups in total. The van der Waals surface area contributed by atoms with E-state index in [0.29, 0.717) is 5.52 Å². The van der Waals surface area contributed by atoms with Gasteiger partial charge in [0.05, 0.1) is 5.52 Å². The molecule has 49 valence electrons. The summed E-state index contributed by atoms with van der Waals surface area (Å²) < 4.78 is 0. The average molecular weight is 134 g/mol. The number of imidazole rings is 1. The Labute approximate surface area is 55.9 Å². The second kappa shape index (κ2) is 1.70. The Kier molecular flexibility index (Phi) is 0.887. The van der Waals surface area contributed by atoms with E-state index in [9.17, 15) is 4.79 Å². The Morgan fingerprint density at radius 2 is 2.50 bits per heavy atom. The second-order valence-electron chi connectivity index (χ2n) is 1.94. The zero-order chi connectivity index (χ0) is 6.97. The van der Waals surface area contributed by atoms with Crippen molar-refractivity contribution in [2.24, 2.45) is 0 Å². The number of H-pyrrole nitrogens is 2. The van der Waals surface area contributed by atoms with Crippen molar-refractivity contribution < 1.29 is 0 Å². The largest absolute Gasteiger partial charge is 0.335 e. The molecule has 0 aliphatic rings. The lowest BCUT2D eigenvalue weighted by atomic mass is 10.4. The fourth-order valence-electron chi connectivity index (χ4n) is 0.805. The minimum absolute atomic E-state index is 0.134. The molecule has 2 rings (SSSR count). The molecule has 10 heavy (non-hydrogen) atoms. The van der Waals surface area contributed by atoms with Gasteiger partial charge in [0.15, 0.2) is 6.33 Å². The van der Waals surface area contributed by atoms with E-state index < -0.39 is 0 Å². The van der Waals surface area contributed by atoms with E-state index in [-0.39, 0.29) is 5.56 Å². The van der Waals surface area contributed by atoms with Gasteiger partial charge in [-0.05, 0) is 0 Å². The van der Waals surface area contributed by atoms with Crippen LogP contribution in [0.5, 0.6) is 0 Å². The monoisotopic (exact) mass is 134 g/mol. The molecule has 0 saturated carbocycles. The van der Waals surface area contributed by atoms with E-state index in [1.165, 1.54) is 6.07 Å². The quantitative estimate of drug-likeness (QED) is 0.534. The van der Waals surface area contributed by atoms with E-state index in [1.54, 1.807) is 6.20 Å². The van der Waals surface area contributed by atoms with Crippen LogP contribution in [0.3, 0.4) is 0 Å². The molecule has 0 aliphatic carbocycles. The molecular weight excluding hydrogens is 130 g/mol. The van der Waals surface area contributed by atoms with E-state index in [1.807, 2.05) is 0 Å². The maximum absolute atomic E-state index is 10.7. The van der Waals surface area contributed by atoms with Crippen molar-refractivity contribution in [3.63, 3.8) is 0 Å². The van der Waals surface area contributed by atoms with Gasteiger partial charge in [-0.2, -0.15) is 0 Å². The van der Waals surface area contributed by atoms with Crippen LogP contribution >= 0.6 is 0 Å². The predicted molar refractivity (Wildman–Crippen MR) is 35.6 cm³/mol. The molecule has 2 heterocycles. The van der Waals surface area contributed by atoms with Crippen LogP contribution < -0.4 is 5.56 Å². The van der Waals surface area contributed by atoms with Crippen LogP contribution in [0.4, 0.5) is 0 Å². The molecule has 4 nitrogen and oxygen atoms in total. The first-order chi connectivity index (χ1) is 4.86. The number of hydrogen-bond donors (Lipinski definition) is 2. The molecule has 0 atom stereocenters. The highest BCUT2D eigenvalue weighted by Crippen LogP contribution is 2.00. The van der Waals surface area contributed by atoms with Gasteiger partial charge in [0.2, 0.25) is 5.56 Å². The van der Waals surface area contributed by atoms with Gasteiger partial charge in [-0.3, -0.25) is 4.79 Å². The molecule has 2 aromatic heterocycles. The lowest BCUT2D eigenvalue weighted by Gasteiger charge is -1.82. The van der Waals surface area contributed by atoms with Gasteiger partial charge in [0.25, 0.3) is 0 Å². The second-order valence-corrected chi connectivity index (χ2v) is 1.94. The maximum atomic E-state index is 10.7. The zero-order valence-electron chi connectivity index (χ0n) is 5.01. The minimum atomic E-state index is -0.134. The molecule has 1 radical (unpaired) electrons. The van der Waals surface area contributed by atoms with Gasteiger partial charge < -0.3 is 9.97 Å². The molecule has 0 aliphatic heterocycles. The summed E-state index contributed by atoms with van der Waals surface area (Å²) in [6.07, 6.45) is 4.08. The number of hydrogen-bond acceptors (Lipinski definition) is 2. The Balaban J connectivity index is 2.99. The summed E-state index contributed by atoms with van der Waals surface area (Å²) >= 11 is 0. The molecule has 4 heteroatoms. The van der Waals surface area contributed by atoms with Crippen molar-refractivity contribution in [1.82, 2.24) is 15.0 Å². The summed E-state index contributed by atoms with van der Waals surface area (Å²) in [5, 5.41) is 0. The first-order valence-electron chi connectivity index (χ1n) is 2.81. The Morgan fingerprint density at radius 1 is 1.60 bits per heavy atom. The van der Waals surface area contributed by atoms with Crippen molar-refractivity contribution in [2.45, 2.75) is 0 Å². The Bertz CT molecular complexity index is 400. The van der Waals surface area contributed by atoms with E-state index in [2.05, 4.69) is 21.3 Å². The van der Waals surface area contributed by atoms with Crippen molar-refractivity contribution in [3.05, 3.63) is 28.9 Å². The van der Waals surface area contributed by atoms with Crippen LogP contribution in [0.25, 0.3) is 11.0 Å². The normalized spacial score (nSPS) is 10.4. The molecule has 0 bridgehead atoms. The van der Waals surface area contributed by atoms with Crippen molar-refractivity contribution in [2.75, 3.05) is 0 Å². The Morgan fingerprint density at radius 3 is 3.40 bits per heavy atom. The summed E-state index contributed by atoms with van der Waals surface area (Å²) in [7, 11) is 0. The minimum Gasteiger partial charge on any atom is -0.335 e. The molecule has 0 amide bonds. The van der Waals surface area contributed by atoms with E-state index in [4.69, 9.17) is 0 Å². The third-order valence-electron chi connectivity index (χ3n) is 1.27. The SMILES string of the molecule is O=c1cc2[nH][c]nc2c[nH]1.